The van der Waals surface area contributed by atoms with Crippen LogP contribution in [0, 0.1) is 10.1 Å². The van der Waals surface area contributed by atoms with Gasteiger partial charge in [-0.2, -0.15) is 8.42 Å². The highest BCUT2D eigenvalue weighted by Gasteiger charge is 2.53. The third-order valence-corrected chi connectivity index (χ3v) is 3.75. The molecule has 0 saturated carbocycles. The molecule has 0 radical (unpaired) electrons. The van der Waals surface area contributed by atoms with Crippen molar-refractivity contribution in [1.29, 1.82) is 0 Å². The van der Waals surface area contributed by atoms with Gasteiger partial charge in [0.1, 0.15) is 0 Å². The SMILES string of the molecule is C[C@H](OS(=O)(=O)c1ccc(Cl)cc1)C(F)(F)[N+](=O)[O-]. The van der Waals surface area contributed by atoms with Gasteiger partial charge in [0.25, 0.3) is 10.1 Å². The van der Waals surface area contributed by atoms with Crippen molar-refractivity contribution >= 4 is 21.7 Å². The number of benzene rings is 1. The summed E-state index contributed by atoms with van der Waals surface area (Å²) in [6.45, 7) is 0.594. The Kier molecular flexibility index (Phi) is 4.43. The fraction of sp³-hybridized carbons (Fsp3) is 0.333. The number of hydrogen-bond acceptors (Lipinski definition) is 5. The van der Waals surface area contributed by atoms with Crippen LogP contribution in [0.15, 0.2) is 29.2 Å². The summed E-state index contributed by atoms with van der Waals surface area (Å²) in [7, 11) is -4.54. The molecule has 0 saturated heterocycles. The van der Waals surface area contributed by atoms with Crippen LogP contribution in [0.2, 0.25) is 5.02 Å². The molecule has 19 heavy (non-hydrogen) atoms. The first-order valence-corrected chi connectivity index (χ1v) is 6.57. The Morgan fingerprint density at radius 1 is 1.37 bits per heavy atom. The molecule has 0 aliphatic carbocycles. The van der Waals surface area contributed by atoms with Gasteiger partial charge in [0.2, 0.25) is 6.10 Å². The van der Waals surface area contributed by atoms with E-state index in [-0.39, 0.29) is 5.02 Å². The molecule has 0 heterocycles. The highest BCUT2D eigenvalue weighted by molar-refractivity contribution is 7.86. The normalized spacial score (nSPS) is 14.1. The summed E-state index contributed by atoms with van der Waals surface area (Å²) in [5.74, 6) is 0. The third-order valence-electron chi connectivity index (χ3n) is 2.11. The molecule has 0 spiro atoms. The Balaban J connectivity index is 2.98. The average Bonchev–Trinajstić information content (AvgIpc) is 2.28. The second-order valence-electron chi connectivity index (χ2n) is 3.49. The van der Waals surface area contributed by atoms with E-state index in [0.717, 1.165) is 12.1 Å². The van der Waals surface area contributed by atoms with Crippen LogP contribution in [0.25, 0.3) is 0 Å². The van der Waals surface area contributed by atoms with Gasteiger partial charge < -0.3 is 0 Å². The maximum Gasteiger partial charge on any atom is 0.538 e. The van der Waals surface area contributed by atoms with Gasteiger partial charge in [-0.1, -0.05) is 11.6 Å². The van der Waals surface area contributed by atoms with Crippen molar-refractivity contribution < 1.29 is 26.3 Å². The molecule has 1 rings (SSSR count). The molecular formula is C9H8ClF2NO5S. The molecule has 0 bridgehead atoms. The van der Waals surface area contributed by atoms with E-state index in [9.17, 15) is 27.3 Å². The first-order chi connectivity index (χ1) is 8.57. The average molecular weight is 316 g/mol. The molecule has 0 N–H and O–H groups in total. The summed E-state index contributed by atoms with van der Waals surface area (Å²) in [6, 6.07) is -0.00884. The van der Waals surface area contributed by atoms with E-state index in [0.29, 0.717) is 6.92 Å². The zero-order valence-electron chi connectivity index (χ0n) is 9.42. The highest BCUT2D eigenvalue weighted by Crippen LogP contribution is 2.26. The molecule has 0 unspecified atom stereocenters. The number of rotatable bonds is 5. The molecule has 0 aliphatic heterocycles. The van der Waals surface area contributed by atoms with Crippen LogP contribution in [0.5, 0.6) is 0 Å². The van der Waals surface area contributed by atoms with Gasteiger partial charge in [-0.3, -0.25) is 10.1 Å². The van der Waals surface area contributed by atoms with E-state index in [1.807, 2.05) is 0 Å². The summed E-state index contributed by atoms with van der Waals surface area (Å²) in [5.41, 5.74) is 0. The molecule has 10 heteroatoms. The summed E-state index contributed by atoms with van der Waals surface area (Å²) in [6.07, 6.45) is -2.44. The van der Waals surface area contributed by atoms with Crippen LogP contribution >= 0.6 is 11.6 Å². The Morgan fingerprint density at radius 2 is 1.84 bits per heavy atom. The second kappa shape index (κ2) is 5.35. The molecule has 1 aromatic rings. The zero-order valence-corrected chi connectivity index (χ0v) is 11.0. The Hall–Kier alpha value is -1.32. The second-order valence-corrected chi connectivity index (χ2v) is 5.50. The highest BCUT2D eigenvalue weighted by atomic mass is 35.5. The lowest BCUT2D eigenvalue weighted by Crippen LogP contribution is -2.41. The van der Waals surface area contributed by atoms with E-state index in [1.165, 1.54) is 12.1 Å². The van der Waals surface area contributed by atoms with Crippen molar-refractivity contribution in [2.45, 2.75) is 24.0 Å². The molecule has 0 amide bonds. The predicted molar refractivity (Wildman–Crippen MR) is 61.1 cm³/mol. The topological polar surface area (TPSA) is 86.5 Å². The third kappa shape index (κ3) is 3.58. The van der Waals surface area contributed by atoms with Crippen LogP contribution in [-0.2, 0) is 14.3 Å². The van der Waals surface area contributed by atoms with Gasteiger partial charge in [-0.25, -0.2) is 4.18 Å². The van der Waals surface area contributed by atoms with Gasteiger partial charge in [0, 0.05) is 5.02 Å². The Morgan fingerprint density at radius 3 is 2.26 bits per heavy atom. The number of halogens is 3. The van der Waals surface area contributed by atoms with E-state index in [4.69, 9.17) is 11.6 Å². The van der Waals surface area contributed by atoms with Crippen molar-refractivity contribution in [2.75, 3.05) is 0 Å². The molecule has 0 fully saturated rings. The minimum absolute atomic E-state index is 0.239. The largest absolute Gasteiger partial charge is 0.538 e. The maximum atomic E-state index is 12.9. The van der Waals surface area contributed by atoms with Crippen LogP contribution < -0.4 is 0 Å². The van der Waals surface area contributed by atoms with Gasteiger partial charge >= 0.3 is 6.05 Å². The van der Waals surface area contributed by atoms with Crippen molar-refractivity contribution in [1.82, 2.24) is 0 Å². The van der Waals surface area contributed by atoms with Gasteiger partial charge in [-0.15, -0.1) is 8.78 Å². The molecular weight excluding hydrogens is 308 g/mol. The lowest BCUT2D eigenvalue weighted by molar-refractivity contribution is -0.654. The van der Waals surface area contributed by atoms with Crippen molar-refractivity contribution in [3.63, 3.8) is 0 Å². The monoisotopic (exact) mass is 315 g/mol. The van der Waals surface area contributed by atoms with Crippen LogP contribution in [0.1, 0.15) is 6.92 Å². The van der Waals surface area contributed by atoms with Gasteiger partial charge in [0.15, 0.2) is 0 Å². The fourth-order valence-electron chi connectivity index (χ4n) is 1.05. The van der Waals surface area contributed by atoms with E-state index in [2.05, 4.69) is 4.18 Å². The Bertz CT molecular complexity index is 575. The number of nitrogens with zero attached hydrogens (tertiary/aromatic N) is 1. The molecule has 1 atom stereocenters. The van der Waals surface area contributed by atoms with Gasteiger partial charge in [0.05, 0.1) is 9.82 Å². The number of hydrogen-bond donors (Lipinski definition) is 0. The summed E-state index contributed by atoms with van der Waals surface area (Å²) in [5, 5.41) is 10.3. The van der Waals surface area contributed by atoms with Crippen LogP contribution in [0.3, 0.4) is 0 Å². The smallest absolute Gasteiger partial charge is 0.259 e. The lowest BCUT2D eigenvalue weighted by Gasteiger charge is -2.15. The predicted octanol–water partition coefficient (Wildman–Crippen LogP) is 2.30. The summed E-state index contributed by atoms with van der Waals surface area (Å²) < 4.78 is 53.2. The molecule has 0 aliphatic rings. The summed E-state index contributed by atoms with van der Waals surface area (Å²) >= 11 is 5.54. The van der Waals surface area contributed by atoms with Crippen molar-refractivity contribution in [3.8, 4) is 0 Å². The van der Waals surface area contributed by atoms with Crippen LogP contribution in [0.4, 0.5) is 8.78 Å². The number of nitro groups is 1. The van der Waals surface area contributed by atoms with E-state index < -0.39 is 32.1 Å². The molecule has 1 aromatic carbocycles. The van der Waals surface area contributed by atoms with E-state index >= 15 is 0 Å². The van der Waals surface area contributed by atoms with E-state index in [1.54, 1.807) is 0 Å². The van der Waals surface area contributed by atoms with Crippen LogP contribution in [-0.4, -0.2) is 25.5 Å². The first-order valence-electron chi connectivity index (χ1n) is 4.78. The zero-order chi connectivity index (χ0) is 14.8. The summed E-state index contributed by atoms with van der Waals surface area (Å²) in [4.78, 5) is 7.76. The minimum atomic E-state index is -4.54. The standard InChI is InChI=1S/C9H8ClF2NO5S/c1-6(9(11,12)13(14)15)18-19(16,17)8-4-2-7(10)3-5-8/h2-6H,1H3/t6-/m0/s1. The van der Waals surface area contributed by atoms with Crippen molar-refractivity contribution in [2.24, 2.45) is 0 Å². The minimum Gasteiger partial charge on any atom is -0.259 e. The maximum absolute atomic E-state index is 12.9. The number of alkyl halides is 2. The first kappa shape index (κ1) is 15.7. The lowest BCUT2D eigenvalue weighted by atomic mass is 10.4. The Labute approximate surface area is 112 Å². The molecule has 106 valence electrons. The fourth-order valence-corrected chi connectivity index (χ4v) is 2.26. The van der Waals surface area contributed by atoms with Gasteiger partial charge in [-0.05, 0) is 31.2 Å². The molecule has 6 nitrogen and oxygen atoms in total. The van der Waals surface area contributed by atoms with Crippen molar-refractivity contribution in [3.05, 3.63) is 39.4 Å². The quantitative estimate of drug-likeness (QED) is 0.360. The molecule has 0 aromatic heterocycles.